The molecule has 4 aromatic rings. The number of anilines is 2. The van der Waals surface area contributed by atoms with Crippen molar-refractivity contribution in [3.05, 3.63) is 80.8 Å². The van der Waals surface area contributed by atoms with Crippen molar-refractivity contribution >= 4 is 45.7 Å². The normalized spacial score (nSPS) is 14.6. The monoisotopic (exact) mass is 552 g/mol. The minimum absolute atomic E-state index is 0.295. The van der Waals surface area contributed by atoms with Gasteiger partial charge in [0.15, 0.2) is 5.65 Å². The number of hydrogen-bond acceptors (Lipinski definition) is 7. The zero-order chi connectivity index (χ0) is 26.6. The second-order valence-corrected chi connectivity index (χ2v) is 10.2. The van der Waals surface area contributed by atoms with Crippen molar-refractivity contribution < 1.29 is 4.84 Å². The SMILES string of the molecule is CCCN1CCN(Cc2cccc(Nc3ncnc4c3cc(-c3c(Cl)cccc3Cl)c(=O)n4OC)c2)CC1. The fourth-order valence-corrected chi connectivity index (χ4v) is 5.53. The maximum atomic E-state index is 13.3. The van der Waals surface area contributed by atoms with Gasteiger partial charge in [0.1, 0.15) is 19.3 Å². The average molecular weight is 553 g/mol. The lowest BCUT2D eigenvalue weighted by atomic mass is 10.1. The fourth-order valence-electron chi connectivity index (χ4n) is 4.93. The zero-order valence-corrected chi connectivity index (χ0v) is 23.0. The highest BCUT2D eigenvalue weighted by atomic mass is 35.5. The van der Waals surface area contributed by atoms with E-state index in [0.29, 0.717) is 38.0 Å². The van der Waals surface area contributed by atoms with Crippen molar-refractivity contribution in [2.75, 3.05) is 45.2 Å². The van der Waals surface area contributed by atoms with Crippen LogP contribution in [0.4, 0.5) is 11.5 Å². The van der Waals surface area contributed by atoms with E-state index in [9.17, 15) is 4.79 Å². The summed E-state index contributed by atoms with van der Waals surface area (Å²) in [6, 6.07) is 15.1. The highest BCUT2D eigenvalue weighted by Crippen LogP contribution is 2.35. The summed E-state index contributed by atoms with van der Waals surface area (Å²) < 4.78 is 1.13. The first kappa shape index (κ1) is 26.4. The Morgan fingerprint density at radius 3 is 2.39 bits per heavy atom. The summed E-state index contributed by atoms with van der Waals surface area (Å²) >= 11 is 12.9. The molecule has 0 bridgehead atoms. The van der Waals surface area contributed by atoms with Crippen LogP contribution in [0.5, 0.6) is 0 Å². The van der Waals surface area contributed by atoms with Gasteiger partial charge in [0.2, 0.25) is 0 Å². The van der Waals surface area contributed by atoms with Crippen LogP contribution in [0.2, 0.25) is 10.0 Å². The van der Waals surface area contributed by atoms with E-state index in [2.05, 4.69) is 44.1 Å². The number of rotatable bonds is 8. The summed E-state index contributed by atoms with van der Waals surface area (Å²) in [5.41, 5.74) is 2.76. The van der Waals surface area contributed by atoms with Crippen molar-refractivity contribution in [1.29, 1.82) is 0 Å². The third kappa shape index (κ3) is 5.49. The molecule has 0 unspecified atom stereocenters. The Morgan fingerprint density at radius 2 is 1.68 bits per heavy atom. The molecule has 2 aromatic carbocycles. The Balaban J connectivity index is 1.46. The minimum Gasteiger partial charge on any atom is -0.412 e. The Hall–Kier alpha value is -3.17. The third-order valence-corrected chi connectivity index (χ3v) is 7.40. The Morgan fingerprint density at radius 1 is 0.974 bits per heavy atom. The molecule has 1 fully saturated rings. The summed E-state index contributed by atoms with van der Waals surface area (Å²) in [5, 5.41) is 4.74. The van der Waals surface area contributed by atoms with Crippen molar-refractivity contribution in [3.63, 3.8) is 0 Å². The Bertz CT molecular complexity index is 1480. The highest BCUT2D eigenvalue weighted by Gasteiger charge is 2.20. The highest BCUT2D eigenvalue weighted by molar-refractivity contribution is 6.39. The molecule has 10 heteroatoms. The molecule has 0 spiro atoms. The second-order valence-electron chi connectivity index (χ2n) is 9.34. The van der Waals surface area contributed by atoms with Crippen molar-refractivity contribution in [2.45, 2.75) is 19.9 Å². The molecular weight excluding hydrogens is 523 g/mol. The van der Waals surface area contributed by atoms with Crippen molar-refractivity contribution in [2.24, 2.45) is 0 Å². The van der Waals surface area contributed by atoms with E-state index in [0.717, 1.165) is 43.1 Å². The number of benzene rings is 2. The molecule has 0 radical (unpaired) electrons. The van der Waals surface area contributed by atoms with Gasteiger partial charge in [-0.05, 0) is 48.9 Å². The molecule has 8 nitrogen and oxygen atoms in total. The van der Waals surface area contributed by atoms with E-state index >= 15 is 0 Å². The lowest BCUT2D eigenvalue weighted by Gasteiger charge is -2.34. The van der Waals surface area contributed by atoms with Crippen LogP contribution in [0, 0.1) is 0 Å². The van der Waals surface area contributed by atoms with E-state index in [1.165, 1.54) is 32.0 Å². The van der Waals surface area contributed by atoms with Crippen LogP contribution < -0.4 is 15.7 Å². The Kier molecular flexibility index (Phi) is 8.14. The summed E-state index contributed by atoms with van der Waals surface area (Å²) in [5.74, 6) is 0.538. The Labute approximate surface area is 231 Å². The van der Waals surface area contributed by atoms with E-state index in [1.807, 2.05) is 12.1 Å². The number of pyridine rings is 1. The molecule has 1 aliphatic rings. The molecule has 3 heterocycles. The minimum atomic E-state index is -0.416. The molecule has 198 valence electrons. The number of aromatic nitrogens is 3. The summed E-state index contributed by atoms with van der Waals surface area (Å²) in [4.78, 5) is 32.6. The molecule has 2 aromatic heterocycles. The van der Waals surface area contributed by atoms with E-state index in [-0.39, 0.29) is 0 Å². The molecule has 0 amide bonds. The topological polar surface area (TPSA) is 75.5 Å². The number of hydrogen-bond donors (Lipinski definition) is 1. The first-order valence-electron chi connectivity index (χ1n) is 12.7. The maximum absolute atomic E-state index is 13.3. The lowest BCUT2D eigenvalue weighted by Crippen LogP contribution is -2.45. The average Bonchev–Trinajstić information content (AvgIpc) is 2.91. The molecule has 1 saturated heterocycles. The van der Waals surface area contributed by atoms with Gasteiger partial charge in [0.05, 0.1) is 21.0 Å². The first-order chi connectivity index (χ1) is 18.5. The molecule has 0 aliphatic carbocycles. The number of piperazine rings is 1. The molecule has 1 N–H and O–H groups in total. The van der Waals surface area contributed by atoms with Gasteiger partial charge in [-0.25, -0.2) is 9.97 Å². The van der Waals surface area contributed by atoms with Gasteiger partial charge in [-0.3, -0.25) is 9.69 Å². The number of halogens is 2. The molecule has 5 rings (SSSR count). The van der Waals surface area contributed by atoms with Crippen molar-refractivity contribution in [1.82, 2.24) is 24.5 Å². The second kappa shape index (κ2) is 11.7. The van der Waals surface area contributed by atoms with Crippen LogP contribution in [0.3, 0.4) is 0 Å². The summed E-state index contributed by atoms with van der Waals surface area (Å²) in [6.45, 7) is 8.63. The van der Waals surface area contributed by atoms with Crippen LogP contribution in [-0.2, 0) is 6.54 Å². The standard InChI is InChI=1S/C28H30Cl2N6O2/c1-3-10-34-11-13-35(14-12-34)17-19-6-4-7-20(15-19)33-26-22-16-21(25-23(29)8-5-9-24(25)30)28(37)36(38-2)27(22)32-18-31-26/h4-9,15-16,18H,3,10-14,17H2,1-2H3,(H,31,32,33). The molecule has 1 aliphatic heterocycles. The molecule has 0 atom stereocenters. The predicted molar refractivity (Wildman–Crippen MR) is 153 cm³/mol. The largest absolute Gasteiger partial charge is 0.412 e. The van der Waals surface area contributed by atoms with Gasteiger partial charge in [-0.1, -0.05) is 48.3 Å². The lowest BCUT2D eigenvalue weighted by molar-refractivity contribution is 0.127. The number of fused-ring (bicyclic) bond motifs is 1. The zero-order valence-electron chi connectivity index (χ0n) is 21.5. The third-order valence-electron chi connectivity index (χ3n) is 6.77. The van der Waals surface area contributed by atoms with E-state index < -0.39 is 5.56 Å². The van der Waals surface area contributed by atoms with Crippen LogP contribution in [0.1, 0.15) is 18.9 Å². The van der Waals surface area contributed by atoms with E-state index in [4.69, 9.17) is 28.0 Å². The van der Waals surface area contributed by atoms with Gasteiger partial charge in [0, 0.05) is 44.0 Å². The van der Waals surface area contributed by atoms with Gasteiger partial charge >= 0.3 is 0 Å². The molecule has 38 heavy (non-hydrogen) atoms. The van der Waals surface area contributed by atoms with Crippen LogP contribution in [-0.4, -0.2) is 64.3 Å². The molecular formula is C28H30Cl2N6O2. The smallest absolute Gasteiger partial charge is 0.293 e. The van der Waals surface area contributed by atoms with Gasteiger partial charge in [0.25, 0.3) is 5.56 Å². The van der Waals surface area contributed by atoms with Gasteiger partial charge in [-0.15, -0.1) is 4.73 Å². The first-order valence-corrected chi connectivity index (χ1v) is 13.4. The van der Waals surface area contributed by atoms with Crippen LogP contribution in [0.25, 0.3) is 22.2 Å². The van der Waals surface area contributed by atoms with Crippen molar-refractivity contribution in [3.8, 4) is 11.1 Å². The number of nitrogens with zero attached hydrogens (tertiary/aromatic N) is 5. The quantitative estimate of drug-likeness (QED) is 0.326. The maximum Gasteiger partial charge on any atom is 0.293 e. The summed E-state index contributed by atoms with van der Waals surface area (Å²) in [6.07, 6.45) is 2.60. The fraction of sp³-hybridized carbons (Fsp3) is 0.321. The number of nitrogens with one attached hydrogen (secondary N) is 1. The van der Waals surface area contributed by atoms with Crippen LogP contribution in [0.15, 0.2) is 59.7 Å². The van der Waals surface area contributed by atoms with Gasteiger partial charge in [-0.2, -0.15) is 0 Å². The van der Waals surface area contributed by atoms with E-state index in [1.54, 1.807) is 24.3 Å². The predicted octanol–water partition coefficient (Wildman–Crippen LogP) is 5.09. The molecule has 0 saturated carbocycles. The van der Waals surface area contributed by atoms with Gasteiger partial charge < -0.3 is 15.1 Å². The van der Waals surface area contributed by atoms with Crippen LogP contribution >= 0.6 is 23.2 Å². The summed E-state index contributed by atoms with van der Waals surface area (Å²) in [7, 11) is 1.42.